The number of carbonyl (C=O) groups is 3. The second-order valence-electron chi connectivity index (χ2n) is 6.83. The van der Waals surface area contributed by atoms with Crippen LogP contribution < -0.4 is 4.74 Å². The number of aliphatic hydroxyl groups is 1. The number of fused-ring (bicyclic) bond motifs is 1. The third kappa shape index (κ3) is 3.31. The van der Waals surface area contributed by atoms with Crippen molar-refractivity contribution in [1.82, 2.24) is 4.90 Å². The zero-order chi connectivity index (χ0) is 21.4. The van der Waals surface area contributed by atoms with Crippen LogP contribution in [0, 0.1) is 0 Å². The molecule has 29 heavy (non-hydrogen) atoms. The second-order valence-corrected chi connectivity index (χ2v) is 6.83. The fourth-order valence-corrected chi connectivity index (χ4v) is 3.77. The lowest BCUT2D eigenvalue weighted by molar-refractivity contribution is -0.216. The molecule has 8 nitrogen and oxygen atoms in total. The van der Waals surface area contributed by atoms with Crippen LogP contribution in [0.25, 0.3) is 0 Å². The molecule has 0 aliphatic carbocycles. The Morgan fingerprint density at radius 2 is 1.76 bits per heavy atom. The van der Waals surface area contributed by atoms with E-state index in [2.05, 4.69) is 0 Å². The minimum atomic E-state index is -2.17. The van der Waals surface area contributed by atoms with Crippen LogP contribution >= 0.6 is 0 Å². The summed E-state index contributed by atoms with van der Waals surface area (Å²) in [6, 6.07) is 13.3. The molecule has 8 heteroatoms. The molecule has 3 rings (SSSR count). The monoisotopic (exact) mass is 399 g/mol. The topological polar surface area (TPSA) is 113 Å². The molecule has 1 heterocycles. The van der Waals surface area contributed by atoms with Crippen LogP contribution in [-0.4, -0.2) is 38.7 Å². The Balaban J connectivity index is 2.16. The van der Waals surface area contributed by atoms with Gasteiger partial charge < -0.3 is 19.7 Å². The summed E-state index contributed by atoms with van der Waals surface area (Å²) in [5.74, 6) is -0.554. The number of rotatable bonds is 4. The maximum atomic E-state index is 13.2. The van der Waals surface area contributed by atoms with Crippen LogP contribution in [-0.2, 0) is 15.3 Å². The SMILES string of the molecule is CCC1(OC(=O)O)C(=O)c2ccc(Oc3ccccc3)cc2C(C)(O)N1C(C)=O. The van der Waals surface area contributed by atoms with Crippen molar-refractivity contribution in [1.29, 1.82) is 0 Å². The van der Waals surface area contributed by atoms with Gasteiger partial charge in [-0.25, -0.2) is 4.79 Å². The number of para-hydroxylation sites is 1. The molecule has 0 radical (unpaired) electrons. The molecule has 0 spiro atoms. The van der Waals surface area contributed by atoms with E-state index in [1.54, 1.807) is 24.3 Å². The van der Waals surface area contributed by atoms with Gasteiger partial charge in [-0.15, -0.1) is 0 Å². The smallest absolute Gasteiger partial charge is 0.457 e. The molecule has 2 atom stereocenters. The summed E-state index contributed by atoms with van der Waals surface area (Å²) in [7, 11) is 0. The van der Waals surface area contributed by atoms with E-state index in [4.69, 9.17) is 9.47 Å². The van der Waals surface area contributed by atoms with Crippen molar-refractivity contribution in [3.63, 3.8) is 0 Å². The molecule has 0 aromatic heterocycles. The largest absolute Gasteiger partial charge is 0.508 e. The highest BCUT2D eigenvalue weighted by Crippen LogP contribution is 2.45. The predicted octanol–water partition coefficient (Wildman–Crippen LogP) is 3.49. The molecule has 152 valence electrons. The Morgan fingerprint density at radius 3 is 2.31 bits per heavy atom. The van der Waals surface area contributed by atoms with Crippen molar-refractivity contribution in [3.8, 4) is 11.5 Å². The van der Waals surface area contributed by atoms with E-state index in [9.17, 15) is 24.6 Å². The van der Waals surface area contributed by atoms with Crippen LogP contribution in [0.4, 0.5) is 4.79 Å². The molecular weight excluding hydrogens is 378 g/mol. The zero-order valence-electron chi connectivity index (χ0n) is 16.2. The maximum absolute atomic E-state index is 13.2. The lowest BCUT2D eigenvalue weighted by Gasteiger charge is -2.51. The molecule has 1 aliphatic heterocycles. The number of amides is 1. The normalized spacial score (nSPS) is 23.3. The third-order valence-electron chi connectivity index (χ3n) is 4.93. The van der Waals surface area contributed by atoms with Crippen molar-refractivity contribution in [3.05, 3.63) is 59.7 Å². The van der Waals surface area contributed by atoms with Gasteiger partial charge in [-0.3, -0.25) is 14.5 Å². The first-order valence-electron chi connectivity index (χ1n) is 9.01. The number of ketones is 1. The molecular formula is C21H21NO7. The first-order valence-corrected chi connectivity index (χ1v) is 9.01. The Labute approximate surface area is 167 Å². The van der Waals surface area contributed by atoms with E-state index in [-0.39, 0.29) is 17.5 Å². The quantitative estimate of drug-likeness (QED) is 0.757. The van der Waals surface area contributed by atoms with Crippen molar-refractivity contribution in [2.75, 3.05) is 0 Å². The van der Waals surface area contributed by atoms with Crippen LogP contribution in [0.2, 0.25) is 0 Å². The summed E-state index contributed by atoms with van der Waals surface area (Å²) in [5.41, 5.74) is -4.02. The van der Waals surface area contributed by atoms with Crippen LogP contribution in [0.15, 0.2) is 48.5 Å². The summed E-state index contributed by atoms with van der Waals surface area (Å²) in [5, 5.41) is 20.5. The van der Waals surface area contributed by atoms with Crippen molar-refractivity contribution in [2.45, 2.75) is 38.6 Å². The van der Waals surface area contributed by atoms with E-state index >= 15 is 0 Å². The van der Waals surface area contributed by atoms with Crippen LogP contribution in [0.3, 0.4) is 0 Å². The molecule has 0 saturated carbocycles. The van der Waals surface area contributed by atoms with Crippen molar-refractivity contribution >= 4 is 17.8 Å². The lowest BCUT2D eigenvalue weighted by atomic mass is 9.81. The summed E-state index contributed by atoms with van der Waals surface area (Å²) < 4.78 is 10.7. The van der Waals surface area contributed by atoms with Gasteiger partial charge in [-0.2, -0.15) is 0 Å². The van der Waals surface area contributed by atoms with Gasteiger partial charge >= 0.3 is 6.16 Å². The molecule has 0 bridgehead atoms. The molecule has 1 amide bonds. The number of carboxylic acid groups (broad SMARTS) is 1. The van der Waals surface area contributed by atoms with Gasteiger partial charge in [0.15, 0.2) is 5.72 Å². The van der Waals surface area contributed by atoms with Gasteiger partial charge in [0.25, 0.3) is 5.72 Å². The Bertz CT molecular complexity index is 970. The van der Waals surface area contributed by atoms with Gasteiger partial charge in [0.2, 0.25) is 11.7 Å². The number of Topliss-reactive ketones (excluding diaryl/α,β-unsaturated/α-hetero) is 1. The van der Waals surface area contributed by atoms with E-state index in [0.29, 0.717) is 11.5 Å². The fraction of sp³-hybridized carbons (Fsp3) is 0.286. The fourth-order valence-electron chi connectivity index (χ4n) is 3.77. The molecule has 0 saturated heterocycles. The number of hydrogen-bond donors (Lipinski definition) is 2. The summed E-state index contributed by atoms with van der Waals surface area (Å²) in [6.45, 7) is 3.94. The molecule has 0 fully saturated rings. The van der Waals surface area contributed by atoms with Gasteiger partial charge in [0, 0.05) is 24.5 Å². The molecule has 2 aromatic carbocycles. The highest BCUT2D eigenvalue weighted by atomic mass is 16.7. The van der Waals surface area contributed by atoms with Gasteiger partial charge in [-0.05, 0) is 37.3 Å². The highest BCUT2D eigenvalue weighted by molar-refractivity contribution is 6.07. The molecule has 1 aliphatic rings. The van der Waals surface area contributed by atoms with Gasteiger partial charge in [0.1, 0.15) is 11.5 Å². The third-order valence-corrected chi connectivity index (χ3v) is 4.93. The standard InChI is InChI=1S/C21H21NO7/c1-4-21(29-19(25)26)18(24)16-11-10-15(28-14-8-6-5-7-9-14)12-17(16)20(3,27)22(21)13(2)23/h5-12,27H,4H2,1-3H3,(H,25,26). The first kappa shape index (κ1) is 20.3. The van der Waals surface area contributed by atoms with E-state index in [0.717, 1.165) is 11.8 Å². The van der Waals surface area contributed by atoms with Gasteiger partial charge in [0.05, 0.1) is 0 Å². The molecule has 2 aromatic rings. The second kappa shape index (κ2) is 7.21. The Hall–Kier alpha value is -3.39. The van der Waals surface area contributed by atoms with Gasteiger partial charge in [-0.1, -0.05) is 25.1 Å². The summed E-state index contributed by atoms with van der Waals surface area (Å²) in [6.07, 6.45) is -1.90. The number of hydrogen-bond acceptors (Lipinski definition) is 6. The van der Waals surface area contributed by atoms with Crippen LogP contribution in [0.5, 0.6) is 11.5 Å². The van der Waals surface area contributed by atoms with Crippen LogP contribution in [0.1, 0.15) is 43.1 Å². The number of carbonyl (C=O) groups excluding carboxylic acids is 2. The summed E-state index contributed by atoms with van der Waals surface area (Å²) in [4.78, 5) is 37.7. The number of ether oxygens (including phenoxy) is 2. The first-order chi connectivity index (χ1) is 13.6. The summed E-state index contributed by atoms with van der Waals surface area (Å²) >= 11 is 0. The Morgan fingerprint density at radius 1 is 1.10 bits per heavy atom. The minimum Gasteiger partial charge on any atom is -0.457 e. The lowest BCUT2D eigenvalue weighted by Crippen LogP contribution is -2.68. The number of benzene rings is 2. The van der Waals surface area contributed by atoms with Crippen molar-refractivity contribution in [2.24, 2.45) is 0 Å². The maximum Gasteiger partial charge on any atom is 0.508 e. The van der Waals surface area contributed by atoms with E-state index in [1.807, 2.05) is 6.07 Å². The zero-order valence-corrected chi connectivity index (χ0v) is 16.2. The average Bonchev–Trinajstić information content (AvgIpc) is 2.66. The van der Waals surface area contributed by atoms with Crippen molar-refractivity contribution < 1.29 is 34.1 Å². The Kier molecular flexibility index (Phi) is 5.06. The molecule has 2 unspecified atom stereocenters. The van der Waals surface area contributed by atoms with E-state index in [1.165, 1.54) is 32.0 Å². The predicted molar refractivity (Wildman–Crippen MR) is 102 cm³/mol. The number of nitrogens with zero attached hydrogens (tertiary/aromatic N) is 1. The highest BCUT2D eigenvalue weighted by Gasteiger charge is 2.60. The molecule has 2 N–H and O–H groups in total. The average molecular weight is 399 g/mol. The van der Waals surface area contributed by atoms with E-state index < -0.39 is 29.3 Å². The minimum absolute atomic E-state index is 0.0519.